The highest BCUT2D eigenvalue weighted by Crippen LogP contribution is 2.26. The second-order valence-corrected chi connectivity index (χ2v) is 3.27. The van der Waals surface area contributed by atoms with Crippen LogP contribution in [-0.4, -0.2) is 37.3 Å². The van der Waals surface area contributed by atoms with Gasteiger partial charge in [0.1, 0.15) is 0 Å². The standard InChI is InChI=1S/C8H13FN2/c1-10-8(7-9)3-5-11(2)6-4-8/h3-7H2,2H3. The summed E-state index contributed by atoms with van der Waals surface area (Å²) in [5.41, 5.74) is -0.674. The second kappa shape index (κ2) is 3.19. The Kier molecular flexibility index (Phi) is 2.45. The van der Waals surface area contributed by atoms with Crippen LogP contribution in [0.5, 0.6) is 0 Å². The number of nitrogens with zero attached hydrogens (tertiary/aromatic N) is 2. The van der Waals surface area contributed by atoms with E-state index >= 15 is 0 Å². The molecular formula is C8H13FN2. The van der Waals surface area contributed by atoms with Crippen LogP contribution in [0.3, 0.4) is 0 Å². The lowest BCUT2D eigenvalue weighted by atomic mass is 9.90. The number of halogens is 1. The average Bonchev–Trinajstić information content (AvgIpc) is 2.07. The molecule has 0 spiro atoms. The van der Waals surface area contributed by atoms with Crippen molar-refractivity contribution in [3.05, 3.63) is 11.4 Å². The molecule has 0 saturated carbocycles. The molecule has 11 heavy (non-hydrogen) atoms. The number of likely N-dealkylation sites (tertiary alicyclic amines) is 1. The molecule has 0 unspecified atom stereocenters. The van der Waals surface area contributed by atoms with Crippen molar-refractivity contribution in [1.29, 1.82) is 0 Å². The first-order valence-corrected chi connectivity index (χ1v) is 3.85. The largest absolute Gasteiger partial charge is 0.307 e. The molecule has 0 radical (unpaired) electrons. The summed E-state index contributed by atoms with van der Waals surface area (Å²) in [5.74, 6) is 0. The molecule has 3 heteroatoms. The summed E-state index contributed by atoms with van der Waals surface area (Å²) in [4.78, 5) is 5.52. The van der Waals surface area contributed by atoms with Crippen LogP contribution >= 0.6 is 0 Å². The Morgan fingerprint density at radius 2 is 2.09 bits per heavy atom. The van der Waals surface area contributed by atoms with Gasteiger partial charge in [0, 0.05) is 25.9 Å². The zero-order valence-corrected chi connectivity index (χ0v) is 6.81. The van der Waals surface area contributed by atoms with Gasteiger partial charge in [0.15, 0.2) is 6.67 Å². The van der Waals surface area contributed by atoms with Crippen LogP contribution in [0, 0.1) is 6.57 Å². The minimum absolute atomic E-state index is 0.482. The molecule has 62 valence electrons. The molecule has 1 aliphatic heterocycles. The Balaban J connectivity index is 2.54. The van der Waals surface area contributed by atoms with Gasteiger partial charge in [-0.05, 0) is 7.05 Å². The first kappa shape index (κ1) is 8.48. The van der Waals surface area contributed by atoms with Gasteiger partial charge in [-0.1, -0.05) is 0 Å². The molecule has 0 aromatic carbocycles. The van der Waals surface area contributed by atoms with Gasteiger partial charge < -0.3 is 9.74 Å². The van der Waals surface area contributed by atoms with Crippen LogP contribution in [-0.2, 0) is 0 Å². The van der Waals surface area contributed by atoms with Crippen LogP contribution < -0.4 is 0 Å². The van der Waals surface area contributed by atoms with Gasteiger partial charge in [-0.25, -0.2) is 11.0 Å². The summed E-state index contributed by atoms with van der Waals surface area (Å²) in [7, 11) is 2.01. The van der Waals surface area contributed by atoms with Crippen molar-refractivity contribution in [3.63, 3.8) is 0 Å². The Morgan fingerprint density at radius 1 is 1.55 bits per heavy atom. The van der Waals surface area contributed by atoms with Gasteiger partial charge >= 0.3 is 0 Å². The fourth-order valence-electron chi connectivity index (χ4n) is 1.31. The molecular weight excluding hydrogens is 143 g/mol. The summed E-state index contributed by atoms with van der Waals surface area (Å²) < 4.78 is 12.4. The van der Waals surface area contributed by atoms with Crippen LogP contribution in [0.1, 0.15) is 12.8 Å². The predicted molar refractivity (Wildman–Crippen MR) is 42.0 cm³/mol. The normalized spacial score (nSPS) is 24.5. The maximum atomic E-state index is 12.4. The highest BCUT2D eigenvalue weighted by atomic mass is 19.1. The zero-order chi connectivity index (χ0) is 8.32. The average molecular weight is 156 g/mol. The summed E-state index contributed by atoms with van der Waals surface area (Å²) in [6.45, 7) is 8.10. The Bertz CT molecular complexity index is 165. The fraction of sp³-hybridized carbons (Fsp3) is 0.875. The lowest BCUT2D eigenvalue weighted by Crippen LogP contribution is -2.41. The van der Waals surface area contributed by atoms with E-state index in [0.717, 1.165) is 13.1 Å². The smallest absolute Gasteiger partial charge is 0.262 e. The van der Waals surface area contributed by atoms with Crippen LogP contribution in [0.4, 0.5) is 4.39 Å². The molecule has 0 aliphatic carbocycles. The third-order valence-corrected chi connectivity index (χ3v) is 2.40. The maximum absolute atomic E-state index is 12.4. The van der Waals surface area contributed by atoms with Gasteiger partial charge in [-0.15, -0.1) is 0 Å². The third kappa shape index (κ3) is 1.69. The highest BCUT2D eigenvalue weighted by molar-refractivity contribution is 5.01. The fourth-order valence-corrected chi connectivity index (χ4v) is 1.31. The van der Waals surface area contributed by atoms with E-state index in [2.05, 4.69) is 9.74 Å². The third-order valence-electron chi connectivity index (χ3n) is 2.40. The summed E-state index contributed by atoms with van der Waals surface area (Å²) in [6, 6.07) is 0. The van der Waals surface area contributed by atoms with Crippen molar-refractivity contribution in [1.82, 2.24) is 4.90 Å². The van der Waals surface area contributed by atoms with Crippen molar-refractivity contribution >= 4 is 0 Å². The molecule has 1 fully saturated rings. The number of hydrogen-bond donors (Lipinski definition) is 0. The number of rotatable bonds is 1. The first-order valence-electron chi connectivity index (χ1n) is 3.85. The molecule has 0 N–H and O–H groups in total. The Hall–Kier alpha value is -0.620. The highest BCUT2D eigenvalue weighted by Gasteiger charge is 2.39. The van der Waals surface area contributed by atoms with E-state index < -0.39 is 12.2 Å². The van der Waals surface area contributed by atoms with E-state index in [1.54, 1.807) is 0 Å². The lowest BCUT2D eigenvalue weighted by molar-refractivity contribution is 0.188. The molecule has 1 saturated heterocycles. The quantitative estimate of drug-likeness (QED) is 0.520. The molecule has 0 aromatic rings. The minimum atomic E-state index is -0.674. The van der Waals surface area contributed by atoms with E-state index in [0.29, 0.717) is 12.8 Å². The summed E-state index contributed by atoms with van der Waals surface area (Å²) >= 11 is 0. The van der Waals surface area contributed by atoms with Crippen LogP contribution in [0.2, 0.25) is 0 Å². The van der Waals surface area contributed by atoms with Crippen molar-refractivity contribution < 1.29 is 4.39 Å². The molecule has 0 amide bonds. The SMILES string of the molecule is [C-]#[N+]C1(CF)CCN(C)CC1. The molecule has 1 heterocycles. The molecule has 0 aromatic heterocycles. The van der Waals surface area contributed by atoms with Gasteiger partial charge in [0.05, 0.1) is 0 Å². The van der Waals surface area contributed by atoms with Crippen molar-refractivity contribution in [2.75, 3.05) is 26.8 Å². The van der Waals surface area contributed by atoms with E-state index in [1.807, 2.05) is 7.05 Å². The Labute approximate surface area is 66.8 Å². The lowest BCUT2D eigenvalue weighted by Gasteiger charge is -2.29. The van der Waals surface area contributed by atoms with Crippen molar-refractivity contribution in [3.8, 4) is 0 Å². The minimum Gasteiger partial charge on any atom is -0.307 e. The van der Waals surface area contributed by atoms with E-state index in [4.69, 9.17) is 6.57 Å². The maximum Gasteiger partial charge on any atom is 0.262 e. The van der Waals surface area contributed by atoms with Gasteiger partial charge in [-0.2, -0.15) is 0 Å². The zero-order valence-electron chi connectivity index (χ0n) is 6.81. The van der Waals surface area contributed by atoms with E-state index in [-0.39, 0.29) is 0 Å². The van der Waals surface area contributed by atoms with Gasteiger partial charge in [0.2, 0.25) is 0 Å². The van der Waals surface area contributed by atoms with E-state index in [9.17, 15) is 4.39 Å². The molecule has 0 atom stereocenters. The molecule has 1 rings (SSSR count). The number of alkyl halides is 1. The first-order chi connectivity index (χ1) is 5.22. The van der Waals surface area contributed by atoms with E-state index in [1.165, 1.54) is 0 Å². The molecule has 0 bridgehead atoms. The van der Waals surface area contributed by atoms with Crippen LogP contribution in [0.25, 0.3) is 4.85 Å². The van der Waals surface area contributed by atoms with Gasteiger partial charge in [0.25, 0.3) is 5.54 Å². The monoisotopic (exact) mass is 156 g/mol. The topological polar surface area (TPSA) is 7.60 Å². The summed E-state index contributed by atoms with van der Waals surface area (Å²) in [5, 5.41) is 0. The summed E-state index contributed by atoms with van der Waals surface area (Å²) in [6.07, 6.45) is 1.37. The van der Waals surface area contributed by atoms with Gasteiger partial charge in [-0.3, -0.25) is 0 Å². The molecule has 1 aliphatic rings. The van der Waals surface area contributed by atoms with Crippen molar-refractivity contribution in [2.45, 2.75) is 18.4 Å². The van der Waals surface area contributed by atoms with Crippen molar-refractivity contribution in [2.24, 2.45) is 0 Å². The molecule has 2 nitrogen and oxygen atoms in total. The number of hydrogen-bond acceptors (Lipinski definition) is 1. The number of piperidine rings is 1. The predicted octanol–water partition coefficient (Wildman–Crippen LogP) is 1.34. The second-order valence-electron chi connectivity index (χ2n) is 3.27. The van der Waals surface area contributed by atoms with Crippen LogP contribution in [0.15, 0.2) is 0 Å². The Morgan fingerprint density at radius 3 is 2.45 bits per heavy atom.